The number of nitro groups is 1. The van der Waals surface area contributed by atoms with E-state index in [4.69, 9.17) is 4.74 Å². The fourth-order valence-corrected chi connectivity index (χ4v) is 3.03. The zero-order valence-corrected chi connectivity index (χ0v) is 15.1. The summed E-state index contributed by atoms with van der Waals surface area (Å²) in [5.41, 5.74) is -0.0718. The third kappa shape index (κ3) is 3.93. The first-order valence-electron chi connectivity index (χ1n) is 8.67. The van der Waals surface area contributed by atoms with Crippen molar-refractivity contribution in [1.82, 2.24) is 0 Å². The Bertz CT molecular complexity index is 934. The van der Waals surface area contributed by atoms with E-state index in [1.54, 1.807) is 24.3 Å². The number of non-ortho nitro benzene ring substituents is 1. The van der Waals surface area contributed by atoms with Crippen LogP contribution in [0.1, 0.15) is 13.3 Å². The van der Waals surface area contributed by atoms with Gasteiger partial charge in [0, 0.05) is 25.1 Å². The maximum atomic E-state index is 13.9. The van der Waals surface area contributed by atoms with Crippen molar-refractivity contribution in [2.45, 2.75) is 13.3 Å². The van der Waals surface area contributed by atoms with Gasteiger partial charge in [0.2, 0.25) is 11.8 Å². The molecule has 8 nitrogen and oxygen atoms in total. The molecule has 28 heavy (non-hydrogen) atoms. The second-order valence-corrected chi connectivity index (χ2v) is 6.22. The number of para-hydroxylation sites is 2. The van der Waals surface area contributed by atoms with E-state index in [0.29, 0.717) is 18.0 Å². The van der Waals surface area contributed by atoms with Gasteiger partial charge in [0.25, 0.3) is 5.69 Å². The summed E-state index contributed by atoms with van der Waals surface area (Å²) in [5, 5.41) is 13.2. The number of nitrogens with one attached hydrogen (secondary N) is 1. The van der Waals surface area contributed by atoms with Crippen LogP contribution in [0.2, 0.25) is 0 Å². The SMILES string of the molecule is CCOc1ccccc1N1CC(C(=O)Nc2cc([N+](=O)[O-])ccc2F)CC1=O. The maximum absolute atomic E-state index is 13.9. The van der Waals surface area contributed by atoms with Gasteiger partial charge >= 0.3 is 0 Å². The zero-order valence-electron chi connectivity index (χ0n) is 15.1. The highest BCUT2D eigenvalue weighted by molar-refractivity contribution is 6.04. The van der Waals surface area contributed by atoms with Crippen LogP contribution in [0.3, 0.4) is 0 Å². The smallest absolute Gasteiger partial charge is 0.271 e. The van der Waals surface area contributed by atoms with Crippen LogP contribution in [0.25, 0.3) is 0 Å². The lowest BCUT2D eigenvalue weighted by Crippen LogP contribution is -2.28. The Kier molecular flexibility index (Phi) is 5.53. The summed E-state index contributed by atoms with van der Waals surface area (Å²) in [7, 11) is 0. The van der Waals surface area contributed by atoms with Gasteiger partial charge in [-0.2, -0.15) is 0 Å². The van der Waals surface area contributed by atoms with Crippen molar-refractivity contribution in [3.63, 3.8) is 0 Å². The fourth-order valence-electron chi connectivity index (χ4n) is 3.03. The predicted molar refractivity (Wildman–Crippen MR) is 99.8 cm³/mol. The number of hydrogen-bond acceptors (Lipinski definition) is 5. The van der Waals surface area contributed by atoms with Crippen LogP contribution in [0, 0.1) is 21.8 Å². The highest BCUT2D eigenvalue weighted by Crippen LogP contribution is 2.33. The third-order valence-corrected chi connectivity index (χ3v) is 4.37. The number of halogens is 1. The molecule has 1 aliphatic heterocycles. The zero-order chi connectivity index (χ0) is 20.3. The first-order valence-corrected chi connectivity index (χ1v) is 8.67. The lowest BCUT2D eigenvalue weighted by atomic mass is 10.1. The fraction of sp³-hybridized carbons (Fsp3) is 0.263. The summed E-state index contributed by atoms with van der Waals surface area (Å²) in [4.78, 5) is 36.6. The Labute approximate surface area is 160 Å². The Balaban J connectivity index is 1.76. The minimum absolute atomic E-state index is 0.0527. The molecule has 146 valence electrons. The molecule has 1 N–H and O–H groups in total. The average Bonchev–Trinajstić information content (AvgIpc) is 3.06. The highest BCUT2D eigenvalue weighted by Gasteiger charge is 2.36. The van der Waals surface area contributed by atoms with Gasteiger partial charge in [0.05, 0.1) is 28.8 Å². The van der Waals surface area contributed by atoms with E-state index in [1.807, 2.05) is 6.92 Å². The van der Waals surface area contributed by atoms with E-state index in [1.165, 1.54) is 4.90 Å². The van der Waals surface area contributed by atoms with Crippen LogP contribution in [-0.2, 0) is 9.59 Å². The molecule has 3 rings (SSSR count). The molecule has 0 bridgehead atoms. The molecule has 1 aliphatic rings. The van der Waals surface area contributed by atoms with E-state index in [0.717, 1.165) is 18.2 Å². The number of benzene rings is 2. The Morgan fingerprint density at radius 2 is 2.11 bits per heavy atom. The highest BCUT2D eigenvalue weighted by atomic mass is 19.1. The van der Waals surface area contributed by atoms with E-state index in [9.17, 15) is 24.1 Å². The van der Waals surface area contributed by atoms with Gasteiger partial charge < -0.3 is 15.0 Å². The van der Waals surface area contributed by atoms with Crippen molar-refractivity contribution in [1.29, 1.82) is 0 Å². The molecule has 9 heteroatoms. The van der Waals surface area contributed by atoms with Crippen molar-refractivity contribution < 1.29 is 23.6 Å². The lowest BCUT2D eigenvalue weighted by Gasteiger charge is -2.20. The van der Waals surface area contributed by atoms with Gasteiger partial charge in [0.1, 0.15) is 11.6 Å². The predicted octanol–water partition coefficient (Wildman–Crippen LogP) is 3.12. The van der Waals surface area contributed by atoms with E-state index < -0.39 is 22.6 Å². The van der Waals surface area contributed by atoms with Gasteiger partial charge in [-0.15, -0.1) is 0 Å². The van der Waals surface area contributed by atoms with Crippen LogP contribution in [-0.4, -0.2) is 29.9 Å². The lowest BCUT2D eigenvalue weighted by molar-refractivity contribution is -0.384. The van der Waals surface area contributed by atoms with Gasteiger partial charge in [-0.05, 0) is 25.1 Å². The molecule has 2 amide bonds. The first kappa shape index (κ1) is 19.3. The van der Waals surface area contributed by atoms with Gasteiger partial charge in [-0.1, -0.05) is 12.1 Å². The largest absolute Gasteiger partial charge is 0.492 e. The number of rotatable bonds is 6. The van der Waals surface area contributed by atoms with Gasteiger partial charge in [-0.25, -0.2) is 4.39 Å². The second-order valence-electron chi connectivity index (χ2n) is 6.22. The molecule has 2 aromatic carbocycles. The second kappa shape index (κ2) is 8.03. The molecule has 0 spiro atoms. The summed E-state index contributed by atoms with van der Waals surface area (Å²) in [6, 6.07) is 9.88. The number of carbonyl (C=O) groups is 2. The molecule has 0 aliphatic carbocycles. The minimum Gasteiger partial charge on any atom is -0.492 e. The number of anilines is 2. The Morgan fingerprint density at radius 3 is 2.82 bits per heavy atom. The molecule has 2 aromatic rings. The van der Waals surface area contributed by atoms with Crippen LogP contribution in [0.15, 0.2) is 42.5 Å². The molecule has 1 atom stereocenters. The summed E-state index contributed by atoms with van der Waals surface area (Å²) < 4.78 is 19.4. The molecule has 1 saturated heterocycles. The number of nitro benzene ring substituents is 1. The van der Waals surface area contributed by atoms with Gasteiger partial charge in [0.15, 0.2) is 0 Å². The van der Waals surface area contributed by atoms with E-state index in [2.05, 4.69) is 5.32 Å². The van der Waals surface area contributed by atoms with Crippen molar-refractivity contribution in [3.05, 3.63) is 58.4 Å². The Morgan fingerprint density at radius 1 is 1.36 bits per heavy atom. The quantitative estimate of drug-likeness (QED) is 0.606. The monoisotopic (exact) mass is 387 g/mol. The number of amides is 2. The number of ether oxygens (including phenoxy) is 1. The third-order valence-electron chi connectivity index (χ3n) is 4.37. The minimum atomic E-state index is -0.790. The van der Waals surface area contributed by atoms with E-state index >= 15 is 0 Å². The molecule has 0 aromatic heterocycles. The van der Waals surface area contributed by atoms with Crippen molar-refractivity contribution >= 4 is 28.9 Å². The van der Waals surface area contributed by atoms with Crippen molar-refractivity contribution in [2.75, 3.05) is 23.4 Å². The Hall–Kier alpha value is -3.49. The van der Waals surface area contributed by atoms with Crippen LogP contribution >= 0.6 is 0 Å². The molecule has 0 saturated carbocycles. The van der Waals surface area contributed by atoms with Gasteiger partial charge in [-0.3, -0.25) is 19.7 Å². The summed E-state index contributed by atoms with van der Waals surface area (Å²) in [6.07, 6.45) is -0.0527. The van der Waals surface area contributed by atoms with Crippen LogP contribution in [0.4, 0.5) is 21.5 Å². The molecule has 0 radical (unpaired) electrons. The average molecular weight is 387 g/mol. The standard InChI is InChI=1S/C19H18FN3O5/c1-2-28-17-6-4-3-5-16(17)22-11-12(9-18(22)24)19(25)21-15-10-13(23(26)27)7-8-14(15)20/h3-8,10,12H,2,9,11H2,1H3,(H,21,25). The summed E-state index contributed by atoms with van der Waals surface area (Å²) in [6.45, 7) is 2.35. The van der Waals surface area contributed by atoms with Crippen LogP contribution in [0.5, 0.6) is 5.75 Å². The molecular formula is C19H18FN3O5. The normalized spacial score (nSPS) is 16.1. The summed E-state index contributed by atoms with van der Waals surface area (Å²) in [5.74, 6) is -1.82. The molecule has 1 fully saturated rings. The molecular weight excluding hydrogens is 369 g/mol. The molecule has 1 unspecified atom stereocenters. The number of carbonyl (C=O) groups excluding carboxylic acids is 2. The first-order chi connectivity index (χ1) is 13.4. The van der Waals surface area contributed by atoms with Crippen molar-refractivity contribution in [2.24, 2.45) is 5.92 Å². The number of hydrogen-bond donors (Lipinski definition) is 1. The maximum Gasteiger partial charge on any atom is 0.271 e. The molecule has 1 heterocycles. The van der Waals surface area contributed by atoms with Crippen molar-refractivity contribution in [3.8, 4) is 5.75 Å². The van der Waals surface area contributed by atoms with E-state index in [-0.39, 0.29) is 30.2 Å². The summed E-state index contributed by atoms with van der Waals surface area (Å²) >= 11 is 0. The van der Waals surface area contributed by atoms with Crippen LogP contribution < -0.4 is 15.0 Å². The topological polar surface area (TPSA) is 102 Å². The number of nitrogens with zero attached hydrogens (tertiary/aromatic N) is 2.